The maximum absolute atomic E-state index is 13.2. The van der Waals surface area contributed by atoms with Gasteiger partial charge in [0.1, 0.15) is 0 Å². The fraction of sp³-hybridized carbons (Fsp3) is 0.650. The SMILES string of the molecule is NC1CCC12CCN(S(=O)(=O)c1cccc3c1CCCC3)CC2.O=C(O)C(F)(F)F. The summed E-state index contributed by atoms with van der Waals surface area (Å²) in [6, 6.07) is 6.08. The number of carboxylic acid groups (broad SMARTS) is 1. The summed E-state index contributed by atoms with van der Waals surface area (Å²) in [4.78, 5) is 9.45. The van der Waals surface area contributed by atoms with Crippen molar-refractivity contribution in [2.45, 2.75) is 68.5 Å². The van der Waals surface area contributed by atoms with Gasteiger partial charge in [-0.2, -0.15) is 17.5 Å². The van der Waals surface area contributed by atoms with E-state index >= 15 is 0 Å². The normalized spacial score (nSPS) is 23.7. The van der Waals surface area contributed by atoms with Gasteiger partial charge >= 0.3 is 12.1 Å². The lowest BCUT2D eigenvalue weighted by Gasteiger charge is -2.52. The summed E-state index contributed by atoms with van der Waals surface area (Å²) in [6.45, 7) is 1.25. The quantitative estimate of drug-likeness (QED) is 0.724. The van der Waals surface area contributed by atoms with Crippen LogP contribution in [0, 0.1) is 5.41 Å². The van der Waals surface area contributed by atoms with Crippen LogP contribution in [0.2, 0.25) is 0 Å². The second-order valence-electron chi connectivity index (χ2n) is 8.32. The van der Waals surface area contributed by atoms with Crippen molar-refractivity contribution in [1.29, 1.82) is 0 Å². The zero-order valence-electron chi connectivity index (χ0n) is 16.6. The topological polar surface area (TPSA) is 101 Å². The number of hydrogen-bond donors (Lipinski definition) is 2. The van der Waals surface area contributed by atoms with Crippen LogP contribution in [0.15, 0.2) is 23.1 Å². The van der Waals surface area contributed by atoms with Gasteiger partial charge in [0, 0.05) is 19.1 Å². The van der Waals surface area contributed by atoms with E-state index in [1.54, 1.807) is 10.4 Å². The molecule has 10 heteroatoms. The largest absolute Gasteiger partial charge is 0.490 e. The third-order valence-corrected chi connectivity index (χ3v) is 8.65. The number of rotatable bonds is 2. The molecule has 0 radical (unpaired) electrons. The summed E-state index contributed by atoms with van der Waals surface area (Å²) in [6.07, 6.45) is 3.19. The van der Waals surface area contributed by atoms with E-state index in [0.29, 0.717) is 18.0 Å². The van der Waals surface area contributed by atoms with E-state index in [1.165, 1.54) is 18.4 Å². The van der Waals surface area contributed by atoms with Gasteiger partial charge in [0.05, 0.1) is 4.90 Å². The van der Waals surface area contributed by atoms with Crippen LogP contribution in [0.1, 0.15) is 49.7 Å². The number of benzene rings is 1. The minimum atomic E-state index is -5.08. The molecule has 1 saturated heterocycles. The van der Waals surface area contributed by atoms with Crippen LogP contribution >= 0.6 is 0 Å². The second-order valence-corrected chi connectivity index (χ2v) is 10.2. The number of carboxylic acids is 1. The molecule has 1 atom stereocenters. The number of fused-ring (bicyclic) bond motifs is 1. The van der Waals surface area contributed by atoms with Crippen LogP contribution in [0.5, 0.6) is 0 Å². The third kappa shape index (κ3) is 4.50. The van der Waals surface area contributed by atoms with Gasteiger partial charge in [-0.3, -0.25) is 0 Å². The number of halogens is 3. The Labute approximate surface area is 174 Å². The number of sulfonamides is 1. The van der Waals surface area contributed by atoms with Gasteiger partial charge in [-0.15, -0.1) is 0 Å². The van der Waals surface area contributed by atoms with Crippen molar-refractivity contribution in [2.24, 2.45) is 11.1 Å². The monoisotopic (exact) mass is 448 g/mol. The Morgan fingerprint density at radius 1 is 1.13 bits per heavy atom. The molecule has 1 aromatic rings. The molecule has 6 nitrogen and oxygen atoms in total. The number of alkyl halides is 3. The van der Waals surface area contributed by atoms with Gasteiger partial charge in [0.15, 0.2) is 0 Å². The van der Waals surface area contributed by atoms with E-state index in [-0.39, 0.29) is 11.5 Å². The molecule has 168 valence electrons. The highest BCUT2D eigenvalue weighted by molar-refractivity contribution is 7.89. The highest BCUT2D eigenvalue weighted by Crippen LogP contribution is 2.48. The molecule has 0 bridgehead atoms. The minimum Gasteiger partial charge on any atom is -0.475 e. The van der Waals surface area contributed by atoms with E-state index < -0.39 is 22.2 Å². The number of piperidine rings is 1. The maximum atomic E-state index is 13.2. The lowest BCUT2D eigenvalue weighted by molar-refractivity contribution is -0.192. The van der Waals surface area contributed by atoms with Crippen LogP contribution < -0.4 is 5.73 Å². The van der Waals surface area contributed by atoms with Crippen molar-refractivity contribution < 1.29 is 31.5 Å². The summed E-state index contributed by atoms with van der Waals surface area (Å²) >= 11 is 0. The van der Waals surface area contributed by atoms with Gasteiger partial charge in [-0.25, -0.2) is 13.2 Å². The fourth-order valence-corrected chi connectivity index (χ4v) is 6.38. The standard InChI is InChI=1S/C18H26N2O2S.C2HF3O2/c19-17-8-9-18(17)10-12-20(13-11-18)23(21,22)16-7-3-5-14-4-1-2-6-15(14)16;3-2(4,5)1(6)7/h3,5,7,17H,1-2,4,6,8-13,19H2;(H,6,7). The van der Waals surface area contributed by atoms with Gasteiger partial charge in [-0.05, 0) is 74.0 Å². The first-order chi connectivity index (χ1) is 14.0. The van der Waals surface area contributed by atoms with Gasteiger partial charge in [0.25, 0.3) is 0 Å². The Bertz CT molecular complexity index is 894. The lowest BCUT2D eigenvalue weighted by Crippen LogP contribution is -2.56. The number of nitrogens with two attached hydrogens (primary N) is 1. The van der Waals surface area contributed by atoms with E-state index in [1.807, 2.05) is 6.07 Å². The number of hydrogen-bond acceptors (Lipinski definition) is 4. The van der Waals surface area contributed by atoms with E-state index in [9.17, 15) is 21.6 Å². The molecule has 1 aromatic carbocycles. The average molecular weight is 449 g/mol. The lowest BCUT2D eigenvalue weighted by atomic mass is 9.60. The van der Waals surface area contributed by atoms with Crippen LogP contribution in [-0.4, -0.2) is 49.1 Å². The molecule has 2 fully saturated rings. The van der Waals surface area contributed by atoms with E-state index in [4.69, 9.17) is 15.6 Å². The Kier molecular flexibility index (Phi) is 6.50. The Balaban J connectivity index is 0.000000318. The molecular formula is C20H27F3N2O4S. The van der Waals surface area contributed by atoms with Crippen molar-refractivity contribution in [2.75, 3.05) is 13.1 Å². The molecule has 2 aliphatic carbocycles. The summed E-state index contributed by atoms with van der Waals surface area (Å²) < 4.78 is 59.7. The number of aliphatic carboxylic acids is 1. The Morgan fingerprint density at radius 2 is 1.73 bits per heavy atom. The first kappa shape index (κ1) is 23.0. The van der Waals surface area contributed by atoms with Crippen molar-refractivity contribution in [3.63, 3.8) is 0 Å². The van der Waals surface area contributed by atoms with Gasteiger partial charge < -0.3 is 10.8 Å². The molecule has 1 heterocycles. The van der Waals surface area contributed by atoms with Crippen molar-refractivity contribution in [3.8, 4) is 0 Å². The number of aryl methyl sites for hydroxylation is 1. The Hall–Kier alpha value is -1.65. The zero-order valence-corrected chi connectivity index (χ0v) is 17.4. The van der Waals surface area contributed by atoms with Crippen LogP contribution in [0.3, 0.4) is 0 Å². The first-order valence-electron chi connectivity index (χ1n) is 10.1. The molecule has 1 spiro atoms. The molecule has 1 unspecified atom stereocenters. The summed E-state index contributed by atoms with van der Waals surface area (Å²) in [5.41, 5.74) is 8.70. The Morgan fingerprint density at radius 3 is 2.23 bits per heavy atom. The third-order valence-electron chi connectivity index (χ3n) is 6.67. The van der Waals surface area contributed by atoms with Gasteiger partial charge in [0.2, 0.25) is 10.0 Å². The molecule has 1 saturated carbocycles. The zero-order chi connectivity index (χ0) is 22.2. The highest BCUT2D eigenvalue weighted by Gasteiger charge is 2.48. The molecule has 4 rings (SSSR count). The summed E-state index contributed by atoms with van der Waals surface area (Å²) in [5, 5.41) is 7.12. The molecule has 0 amide bonds. The predicted molar refractivity (Wildman–Crippen MR) is 104 cm³/mol. The smallest absolute Gasteiger partial charge is 0.475 e. The minimum absolute atomic E-state index is 0.224. The molecule has 3 aliphatic rings. The van der Waals surface area contributed by atoms with Crippen LogP contribution in [0.4, 0.5) is 13.2 Å². The molecule has 1 aliphatic heterocycles. The van der Waals surface area contributed by atoms with E-state index in [2.05, 4.69) is 6.07 Å². The fourth-order valence-electron chi connectivity index (χ4n) is 4.64. The highest BCUT2D eigenvalue weighted by atomic mass is 32.2. The van der Waals surface area contributed by atoms with Crippen LogP contribution in [-0.2, 0) is 27.7 Å². The van der Waals surface area contributed by atoms with Crippen LogP contribution in [0.25, 0.3) is 0 Å². The van der Waals surface area contributed by atoms with Crippen molar-refractivity contribution >= 4 is 16.0 Å². The first-order valence-corrected chi connectivity index (χ1v) is 11.6. The summed E-state index contributed by atoms with van der Waals surface area (Å²) in [7, 11) is -3.36. The predicted octanol–water partition coefficient (Wildman–Crippen LogP) is 3.09. The second kappa shape index (κ2) is 8.47. The van der Waals surface area contributed by atoms with Crippen molar-refractivity contribution in [1.82, 2.24) is 4.31 Å². The van der Waals surface area contributed by atoms with Gasteiger partial charge in [-0.1, -0.05) is 12.1 Å². The summed E-state index contributed by atoms with van der Waals surface area (Å²) in [5.74, 6) is -2.76. The van der Waals surface area contributed by atoms with Crippen molar-refractivity contribution in [3.05, 3.63) is 29.3 Å². The number of nitrogens with zero attached hydrogens (tertiary/aromatic N) is 1. The molecule has 3 N–H and O–H groups in total. The molecule has 0 aromatic heterocycles. The maximum Gasteiger partial charge on any atom is 0.490 e. The number of carbonyl (C=O) groups is 1. The van der Waals surface area contributed by atoms with E-state index in [0.717, 1.165) is 44.1 Å². The average Bonchev–Trinajstić information content (AvgIpc) is 2.72. The molecule has 30 heavy (non-hydrogen) atoms. The molecular weight excluding hydrogens is 421 g/mol.